The number of esters is 1. The molecule has 1 unspecified atom stereocenters. The van der Waals surface area contributed by atoms with Gasteiger partial charge >= 0.3 is 5.97 Å². The quantitative estimate of drug-likeness (QED) is 0.254. The number of aliphatic hydroxyl groups is 1. The molecule has 6 heteroatoms. The Bertz CT molecular complexity index is 928. The van der Waals surface area contributed by atoms with Crippen LogP contribution in [0.25, 0.3) is 0 Å². The topological polar surface area (TPSA) is 78.1 Å². The van der Waals surface area contributed by atoms with E-state index in [1.54, 1.807) is 21.1 Å². The molecular formula is C27H38O6. The molecule has 1 atom stereocenters. The summed E-state index contributed by atoms with van der Waals surface area (Å²) in [5.74, 6) is 1.03. The normalized spacial score (nSPS) is 17.0. The van der Waals surface area contributed by atoms with Crippen LogP contribution in [-0.4, -0.2) is 25.3 Å². The van der Waals surface area contributed by atoms with E-state index in [1.165, 1.54) is 11.1 Å². The summed E-state index contributed by atoms with van der Waals surface area (Å²) >= 11 is 0. The fourth-order valence-electron chi connectivity index (χ4n) is 3.72. The van der Waals surface area contributed by atoms with Crippen molar-refractivity contribution < 1.29 is 28.5 Å². The molecule has 1 aromatic rings. The van der Waals surface area contributed by atoms with Crippen LogP contribution in [0.5, 0.6) is 11.9 Å². The smallest absolute Gasteiger partial charge is 0.343 e. The molecule has 0 saturated carbocycles. The zero-order valence-electron chi connectivity index (χ0n) is 20.8. The van der Waals surface area contributed by atoms with E-state index in [9.17, 15) is 9.90 Å². The van der Waals surface area contributed by atoms with Gasteiger partial charge in [0, 0.05) is 11.6 Å². The van der Waals surface area contributed by atoms with Gasteiger partial charge in [-0.3, -0.25) is 0 Å². The van der Waals surface area contributed by atoms with Crippen LogP contribution in [0.4, 0.5) is 0 Å². The van der Waals surface area contributed by atoms with Crippen molar-refractivity contribution in [3.8, 4) is 11.9 Å². The highest BCUT2D eigenvalue weighted by Crippen LogP contribution is 2.30. The number of methoxy groups -OCH3 is 2. The molecule has 1 aliphatic rings. The van der Waals surface area contributed by atoms with Gasteiger partial charge in [0.1, 0.15) is 0 Å². The molecule has 0 amide bonds. The van der Waals surface area contributed by atoms with Gasteiger partial charge in [0.2, 0.25) is 0 Å². The van der Waals surface area contributed by atoms with E-state index in [-0.39, 0.29) is 17.3 Å². The number of rotatable bonds is 13. The standard InChI is InChI=1S/C27H38O6/c1-18(12-8-14-20(3)16-23-25(28)21(4)26(29)32-23)10-7-11-19(2)13-9-15-22-17-24(30-5)33-27(22)31-6/h10,13,16-17,20,28H,7-9,11-12,14-15H2,1-6H3/b18-10+,19-13+,23-16-. The van der Waals surface area contributed by atoms with Crippen molar-refractivity contribution in [2.45, 2.75) is 72.6 Å². The molecule has 33 heavy (non-hydrogen) atoms. The third-order valence-corrected chi connectivity index (χ3v) is 5.84. The van der Waals surface area contributed by atoms with Crippen LogP contribution >= 0.6 is 0 Å². The fraction of sp³-hybridized carbons (Fsp3) is 0.519. The average molecular weight is 459 g/mol. The Hall–Kier alpha value is -2.89. The van der Waals surface area contributed by atoms with Gasteiger partial charge in [-0.2, -0.15) is 0 Å². The van der Waals surface area contributed by atoms with E-state index >= 15 is 0 Å². The second-order valence-corrected chi connectivity index (χ2v) is 8.73. The average Bonchev–Trinajstić information content (AvgIpc) is 3.29. The number of aryl methyl sites for hydroxylation is 1. The Balaban J connectivity index is 1.68. The minimum absolute atomic E-state index is 0.0324. The molecule has 0 radical (unpaired) electrons. The van der Waals surface area contributed by atoms with Crippen LogP contribution in [0, 0.1) is 5.92 Å². The Morgan fingerprint density at radius 2 is 1.82 bits per heavy atom. The lowest BCUT2D eigenvalue weighted by molar-refractivity contribution is -0.133. The molecule has 2 heterocycles. The maximum atomic E-state index is 11.5. The van der Waals surface area contributed by atoms with E-state index < -0.39 is 5.97 Å². The van der Waals surface area contributed by atoms with Gasteiger partial charge in [-0.15, -0.1) is 0 Å². The molecule has 1 aromatic heterocycles. The lowest BCUT2D eigenvalue weighted by Gasteiger charge is -2.08. The Kier molecular flexibility index (Phi) is 10.4. The molecule has 6 nitrogen and oxygen atoms in total. The summed E-state index contributed by atoms with van der Waals surface area (Å²) in [5, 5.41) is 9.92. The van der Waals surface area contributed by atoms with Crippen molar-refractivity contribution in [1.82, 2.24) is 0 Å². The monoisotopic (exact) mass is 458 g/mol. The van der Waals surface area contributed by atoms with Gasteiger partial charge in [0.15, 0.2) is 11.5 Å². The SMILES string of the molecule is COc1cc(CC/C=C(\C)CC/C=C(\C)CCCC(C)/C=C2\OC(=O)C(C)=C2O)c(OC)o1. The zero-order chi connectivity index (χ0) is 24.4. The van der Waals surface area contributed by atoms with E-state index in [4.69, 9.17) is 18.6 Å². The van der Waals surface area contributed by atoms with Gasteiger partial charge in [0.25, 0.3) is 11.9 Å². The molecule has 0 aliphatic carbocycles. The Morgan fingerprint density at radius 1 is 1.12 bits per heavy atom. The number of aliphatic hydroxyl groups excluding tert-OH is 1. The summed E-state index contributed by atoms with van der Waals surface area (Å²) in [7, 11) is 3.18. The minimum atomic E-state index is -0.462. The maximum absolute atomic E-state index is 11.5. The lowest BCUT2D eigenvalue weighted by Crippen LogP contribution is -1.97. The number of carbonyl (C=O) groups excluding carboxylic acids is 1. The number of allylic oxidation sites excluding steroid dienone is 5. The first kappa shape index (κ1) is 26.4. The van der Waals surface area contributed by atoms with Crippen molar-refractivity contribution in [2.75, 3.05) is 14.2 Å². The van der Waals surface area contributed by atoms with Crippen LogP contribution in [0.1, 0.15) is 71.8 Å². The highest BCUT2D eigenvalue weighted by Gasteiger charge is 2.26. The number of ether oxygens (including phenoxy) is 3. The largest absolute Gasteiger partial charge is 0.504 e. The van der Waals surface area contributed by atoms with E-state index in [0.717, 1.165) is 50.5 Å². The predicted octanol–water partition coefficient (Wildman–Crippen LogP) is 6.98. The summed E-state index contributed by atoms with van der Waals surface area (Å²) in [5.41, 5.74) is 4.07. The lowest BCUT2D eigenvalue weighted by atomic mass is 9.99. The van der Waals surface area contributed by atoms with E-state index in [1.807, 2.05) is 12.1 Å². The van der Waals surface area contributed by atoms with Crippen molar-refractivity contribution in [3.05, 3.63) is 58.1 Å². The summed E-state index contributed by atoms with van der Waals surface area (Å²) in [6.45, 7) is 8.00. The van der Waals surface area contributed by atoms with Crippen molar-refractivity contribution in [3.63, 3.8) is 0 Å². The van der Waals surface area contributed by atoms with Crippen molar-refractivity contribution >= 4 is 5.97 Å². The van der Waals surface area contributed by atoms with Crippen LogP contribution in [0.15, 0.2) is 56.9 Å². The summed E-state index contributed by atoms with van der Waals surface area (Å²) in [6.07, 6.45) is 13.4. The van der Waals surface area contributed by atoms with Gasteiger partial charge in [-0.25, -0.2) is 4.79 Å². The number of hydrogen-bond acceptors (Lipinski definition) is 6. The number of carbonyl (C=O) groups is 1. The first-order chi connectivity index (χ1) is 15.7. The molecule has 0 saturated heterocycles. The van der Waals surface area contributed by atoms with Crippen LogP contribution in [0.2, 0.25) is 0 Å². The number of furan rings is 1. The number of cyclic esters (lactones) is 1. The predicted molar refractivity (Wildman–Crippen MR) is 129 cm³/mol. The molecule has 0 fully saturated rings. The van der Waals surface area contributed by atoms with Gasteiger partial charge in [0.05, 0.1) is 19.8 Å². The van der Waals surface area contributed by atoms with Crippen LogP contribution in [0.3, 0.4) is 0 Å². The third kappa shape index (κ3) is 8.19. The highest BCUT2D eigenvalue weighted by atomic mass is 16.6. The second-order valence-electron chi connectivity index (χ2n) is 8.73. The highest BCUT2D eigenvalue weighted by molar-refractivity contribution is 5.93. The zero-order valence-corrected chi connectivity index (χ0v) is 20.8. The van der Waals surface area contributed by atoms with Gasteiger partial charge in [-0.1, -0.05) is 30.2 Å². The molecule has 0 aromatic carbocycles. The molecule has 1 N–H and O–H groups in total. The Labute approximate surface area is 197 Å². The van der Waals surface area contributed by atoms with E-state index in [2.05, 4.69) is 32.9 Å². The van der Waals surface area contributed by atoms with E-state index in [0.29, 0.717) is 17.7 Å². The third-order valence-electron chi connectivity index (χ3n) is 5.84. The summed E-state index contributed by atoms with van der Waals surface area (Å²) < 4.78 is 20.9. The molecule has 1 aliphatic heterocycles. The maximum Gasteiger partial charge on any atom is 0.343 e. The van der Waals surface area contributed by atoms with Gasteiger partial charge < -0.3 is 23.7 Å². The molecule has 2 rings (SSSR count). The summed E-state index contributed by atoms with van der Waals surface area (Å²) in [4.78, 5) is 11.5. The van der Waals surface area contributed by atoms with Crippen LogP contribution < -0.4 is 9.47 Å². The molecular weight excluding hydrogens is 420 g/mol. The van der Waals surface area contributed by atoms with Crippen molar-refractivity contribution in [2.24, 2.45) is 5.92 Å². The Morgan fingerprint density at radius 3 is 2.45 bits per heavy atom. The van der Waals surface area contributed by atoms with Gasteiger partial charge in [-0.05, 0) is 77.7 Å². The minimum Gasteiger partial charge on any atom is -0.504 e. The summed E-state index contributed by atoms with van der Waals surface area (Å²) in [6, 6.07) is 1.88. The first-order valence-electron chi connectivity index (χ1n) is 11.6. The molecule has 182 valence electrons. The van der Waals surface area contributed by atoms with Crippen molar-refractivity contribution in [1.29, 1.82) is 0 Å². The van der Waals surface area contributed by atoms with Crippen LogP contribution in [-0.2, 0) is 16.0 Å². The first-order valence-corrected chi connectivity index (χ1v) is 11.6. The second kappa shape index (κ2) is 13.0. The fourth-order valence-corrected chi connectivity index (χ4v) is 3.72. The number of hydrogen-bond donors (Lipinski definition) is 1. The molecule has 0 bridgehead atoms. The molecule has 0 spiro atoms.